The zero-order valence-corrected chi connectivity index (χ0v) is 14.7. The molecule has 0 spiro atoms. The molecule has 0 saturated carbocycles. The Balaban J connectivity index is 1.52. The SMILES string of the molecule is Cc1cc(N2CCN(Cc3ccc(F)cc3F)C(C)C2)n2ncnc2n1. The van der Waals surface area contributed by atoms with E-state index in [-0.39, 0.29) is 6.04 Å². The number of aryl methyl sites for hydroxylation is 1. The van der Waals surface area contributed by atoms with Gasteiger partial charge >= 0.3 is 0 Å². The minimum Gasteiger partial charge on any atom is -0.354 e. The van der Waals surface area contributed by atoms with Gasteiger partial charge in [0.05, 0.1) is 0 Å². The molecule has 1 aromatic carbocycles. The van der Waals surface area contributed by atoms with Crippen LogP contribution in [0, 0.1) is 18.6 Å². The van der Waals surface area contributed by atoms with E-state index in [0.717, 1.165) is 37.2 Å². The van der Waals surface area contributed by atoms with E-state index < -0.39 is 11.6 Å². The monoisotopic (exact) mass is 358 g/mol. The maximum Gasteiger partial charge on any atom is 0.254 e. The zero-order chi connectivity index (χ0) is 18.3. The fraction of sp³-hybridized carbons (Fsp3) is 0.389. The molecule has 3 heterocycles. The van der Waals surface area contributed by atoms with Gasteiger partial charge in [-0.2, -0.15) is 14.6 Å². The molecule has 1 saturated heterocycles. The smallest absolute Gasteiger partial charge is 0.254 e. The lowest BCUT2D eigenvalue weighted by Crippen LogP contribution is -2.52. The summed E-state index contributed by atoms with van der Waals surface area (Å²) >= 11 is 0. The van der Waals surface area contributed by atoms with E-state index in [0.29, 0.717) is 17.9 Å². The van der Waals surface area contributed by atoms with Gasteiger partial charge < -0.3 is 4.90 Å². The lowest BCUT2D eigenvalue weighted by atomic mass is 10.1. The van der Waals surface area contributed by atoms with Gasteiger partial charge in [0.25, 0.3) is 5.78 Å². The first-order valence-electron chi connectivity index (χ1n) is 8.61. The largest absolute Gasteiger partial charge is 0.354 e. The maximum absolute atomic E-state index is 14.0. The van der Waals surface area contributed by atoms with Crippen molar-refractivity contribution in [2.24, 2.45) is 0 Å². The Bertz CT molecular complexity index is 941. The number of fused-ring (bicyclic) bond motifs is 1. The average Bonchev–Trinajstić information content (AvgIpc) is 3.06. The Hall–Kier alpha value is -2.61. The number of benzene rings is 1. The Morgan fingerprint density at radius 1 is 1.19 bits per heavy atom. The fourth-order valence-corrected chi connectivity index (χ4v) is 3.44. The summed E-state index contributed by atoms with van der Waals surface area (Å²) < 4.78 is 28.8. The molecule has 3 aromatic rings. The molecule has 0 aliphatic carbocycles. The third-order valence-electron chi connectivity index (χ3n) is 4.84. The van der Waals surface area contributed by atoms with Crippen molar-refractivity contribution in [3.05, 3.63) is 53.5 Å². The second-order valence-corrected chi connectivity index (χ2v) is 6.73. The van der Waals surface area contributed by atoms with Gasteiger partial charge in [-0.15, -0.1) is 0 Å². The van der Waals surface area contributed by atoms with Crippen molar-refractivity contribution in [1.82, 2.24) is 24.5 Å². The van der Waals surface area contributed by atoms with Gasteiger partial charge in [-0.1, -0.05) is 6.07 Å². The van der Waals surface area contributed by atoms with Gasteiger partial charge in [0, 0.05) is 55.6 Å². The van der Waals surface area contributed by atoms with Crippen LogP contribution in [0.2, 0.25) is 0 Å². The molecule has 6 nitrogen and oxygen atoms in total. The van der Waals surface area contributed by atoms with E-state index in [1.807, 2.05) is 13.0 Å². The zero-order valence-electron chi connectivity index (χ0n) is 14.7. The molecule has 1 aliphatic heterocycles. The lowest BCUT2D eigenvalue weighted by molar-refractivity contribution is 0.178. The van der Waals surface area contributed by atoms with Crippen molar-refractivity contribution in [3.8, 4) is 0 Å². The number of hydrogen-bond acceptors (Lipinski definition) is 5. The second kappa shape index (κ2) is 6.60. The molecule has 4 rings (SSSR count). The van der Waals surface area contributed by atoms with Gasteiger partial charge in [-0.05, 0) is 19.9 Å². The molecule has 1 aliphatic rings. The first-order chi connectivity index (χ1) is 12.5. The summed E-state index contributed by atoms with van der Waals surface area (Å²) in [4.78, 5) is 13.0. The highest BCUT2D eigenvalue weighted by Gasteiger charge is 2.26. The van der Waals surface area contributed by atoms with Gasteiger partial charge in [-0.25, -0.2) is 13.8 Å². The van der Waals surface area contributed by atoms with Crippen molar-refractivity contribution >= 4 is 11.6 Å². The standard InChI is InChI=1S/C18H20F2N6/c1-12-7-17(26-18(23-12)21-11-22-26)25-6-5-24(13(2)9-25)10-14-3-4-15(19)8-16(14)20/h3-4,7-8,11,13H,5-6,9-10H2,1-2H3. The summed E-state index contributed by atoms with van der Waals surface area (Å²) in [5, 5.41) is 4.27. The van der Waals surface area contributed by atoms with Gasteiger partial charge in [0.2, 0.25) is 0 Å². The van der Waals surface area contributed by atoms with Gasteiger partial charge in [-0.3, -0.25) is 4.90 Å². The van der Waals surface area contributed by atoms with E-state index in [1.165, 1.54) is 18.5 Å². The van der Waals surface area contributed by atoms with E-state index in [9.17, 15) is 8.78 Å². The predicted octanol–water partition coefficient (Wildman–Crippen LogP) is 2.42. The molecule has 0 amide bonds. The summed E-state index contributed by atoms with van der Waals surface area (Å²) in [6, 6.07) is 5.98. The van der Waals surface area contributed by atoms with Crippen LogP contribution in [-0.4, -0.2) is 50.2 Å². The van der Waals surface area contributed by atoms with E-state index in [2.05, 4.69) is 31.8 Å². The van der Waals surface area contributed by atoms with Crippen LogP contribution in [0.4, 0.5) is 14.6 Å². The minimum atomic E-state index is -0.547. The molecule has 0 bridgehead atoms. The highest BCUT2D eigenvalue weighted by atomic mass is 19.1. The number of nitrogens with zero attached hydrogens (tertiary/aromatic N) is 6. The lowest BCUT2D eigenvalue weighted by Gasteiger charge is -2.40. The van der Waals surface area contributed by atoms with Crippen molar-refractivity contribution in [2.75, 3.05) is 24.5 Å². The number of halogens is 2. The van der Waals surface area contributed by atoms with Gasteiger partial charge in [0.15, 0.2) is 0 Å². The third kappa shape index (κ3) is 3.12. The van der Waals surface area contributed by atoms with E-state index in [4.69, 9.17) is 0 Å². The normalized spacial score (nSPS) is 18.6. The Kier molecular flexibility index (Phi) is 4.28. The van der Waals surface area contributed by atoms with Crippen LogP contribution >= 0.6 is 0 Å². The number of piperazine rings is 1. The molecule has 2 aromatic heterocycles. The van der Waals surface area contributed by atoms with Crippen LogP contribution in [-0.2, 0) is 6.54 Å². The summed E-state index contributed by atoms with van der Waals surface area (Å²) in [7, 11) is 0. The Labute approximate surface area is 150 Å². The molecule has 8 heteroatoms. The van der Waals surface area contributed by atoms with E-state index >= 15 is 0 Å². The minimum absolute atomic E-state index is 0.209. The fourth-order valence-electron chi connectivity index (χ4n) is 3.44. The molecular weight excluding hydrogens is 338 g/mol. The number of hydrogen-bond donors (Lipinski definition) is 0. The first kappa shape index (κ1) is 16.8. The molecular formula is C18H20F2N6. The quantitative estimate of drug-likeness (QED) is 0.720. The van der Waals surface area contributed by atoms with E-state index in [1.54, 1.807) is 4.52 Å². The number of aromatic nitrogens is 4. The van der Waals surface area contributed by atoms with Crippen molar-refractivity contribution < 1.29 is 8.78 Å². The number of rotatable bonds is 3. The molecule has 1 unspecified atom stereocenters. The van der Waals surface area contributed by atoms with Crippen molar-refractivity contribution in [1.29, 1.82) is 0 Å². The second-order valence-electron chi connectivity index (χ2n) is 6.73. The molecule has 136 valence electrons. The van der Waals surface area contributed by atoms with Crippen LogP contribution in [0.25, 0.3) is 5.78 Å². The summed E-state index contributed by atoms with van der Waals surface area (Å²) in [5.74, 6) is 0.510. The highest BCUT2D eigenvalue weighted by molar-refractivity contribution is 5.47. The summed E-state index contributed by atoms with van der Waals surface area (Å²) in [6.07, 6.45) is 1.50. The first-order valence-corrected chi connectivity index (χ1v) is 8.61. The highest BCUT2D eigenvalue weighted by Crippen LogP contribution is 2.22. The Morgan fingerprint density at radius 2 is 2.04 bits per heavy atom. The Morgan fingerprint density at radius 3 is 2.81 bits per heavy atom. The molecule has 1 atom stereocenters. The third-order valence-corrected chi connectivity index (χ3v) is 4.84. The van der Waals surface area contributed by atoms with Crippen LogP contribution in [0.15, 0.2) is 30.6 Å². The van der Waals surface area contributed by atoms with Crippen LogP contribution in [0.1, 0.15) is 18.2 Å². The van der Waals surface area contributed by atoms with Crippen molar-refractivity contribution in [2.45, 2.75) is 26.4 Å². The van der Waals surface area contributed by atoms with Gasteiger partial charge in [0.1, 0.15) is 23.8 Å². The average molecular weight is 358 g/mol. The van der Waals surface area contributed by atoms with Crippen LogP contribution in [0.5, 0.6) is 0 Å². The predicted molar refractivity (Wildman–Crippen MR) is 94.0 cm³/mol. The summed E-state index contributed by atoms with van der Waals surface area (Å²) in [5.41, 5.74) is 1.41. The maximum atomic E-state index is 14.0. The molecule has 26 heavy (non-hydrogen) atoms. The molecule has 0 N–H and O–H groups in total. The van der Waals surface area contributed by atoms with Crippen LogP contribution in [0.3, 0.4) is 0 Å². The molecule has 1 fully saturated rings. The van der Waals surface area contributed by atoms with Crippen LogP contribution < -0.4 is 4.90 Å². The topological polar surface area (TPSA) is 49.6 Å². The van der Waals surface area contributed by atoms with Crippen molar-refractivity contribution in [3.63, 3.8) is 0 Å². The molecule has 0 radical (unpaired) electrons. The summed E-state index contributed by atoms with van der Waals surface area (Å²) in [6.45, 7) is 6.85. The number of anilines is 1.